The van der Waals surface area contributed by atoms with E-state index >= 15 is 0 Å². The van der Waals surface area contributed by atoms with E-state index < -0.39 is 10.0 Å². The van der Waals surface area contributed by atoms with Crippen molar-refractivity contribution in [3.63, 3.8) is 0 Å². The molecule has 0 unspecified atom stereocenters. The van der Waals surface area contributed by atoms with Gasteiger partial charge in [-0.2, -0.15) is 9.40 Å². The van der Waals surface area contributed by atoms with Crippen LogP contribution in [0.3, 0.4) is 0 Å². The molecule has 122 valence electrons. The molecule has 1 heterocycles. The second-order valence-electron chi connectivity index (χ2n) is 5.43. The molecule has 0 spiro atoms. The lowest BCUT2D eigenvalue weighted by molar-refractivity contribution is 0.276. The Balaban J connectivity index is 3.05. The van der Waals surface area contributed by atoms with E-state index in [1.165, 1.54) is 4.31 Å². The number of aromatic nitrogens is 2. The number of aliphatic hydroxyl groups excluding tert-OH is 1. The maximum absolute atomic E-state index is 12.7. The average molecular weight is 318 g/mol. The first-order chi connectivity index (χ1) is 9.71. The summed E-state index contributed by atoms with van der Waals surface area (Å²) in [6.45, 7) is 5.12. The molecule has 8 heteroatoms. The van der Waals surface area contributed by atoms with Crippen molar-refractivity contribution >= 4 is 10.0 Å². The first-order valence-corrected chi connectivity index (χ1v) is 8.41. The molecule has 0 radical (unpaired) electrons. The van der Waals surface area contributed by atoms with Gasteiger partial charge in [0.05, 0.1) is 11.4 Å². The first-order valence-electron chi connectivity index (χ1n) is 6.97. The van der Waals surface area contributed by atoms with E-state index in [9.17, 15) is 8.42 Å². The summed E-state index contributed by atoms with van der Waals surface area (Å²) in [7, 11) is 1.86. The molecular weight excluding hydrogens is 292 g/mol. The lowest BCUT2D eigenvalue weighted by Crippen LogP contribution is -2.34. The number of hydrogen-bond donors (Lipinski definition) is 1. The predicted octanol–water partition coefficient (Wildman–Crippen LogP) is 0.0644. The number of aryl methyl sites for hydroxylation is 2. The molecule has 0 aromatic carbocycles. The number of nitrogens with zero attached hydrogens (tertiary/aromatic N) is 4. The highest BCUT2D eigenvalue weighted by Gasteiger charge is 2.28. The van der Waals surface area contributed by atoms with Gasteiger partial charge < -0.3 is 10.0 Å². The number of sulfonamides is 1. The summed E-state index contributed by atoms with van der Waals surface area (Å²) in [5, 5.41) is 13.2. The summed E-state index contributed by atoms with van der Waals surface area (Å²) in [6, 6.07) is 0. The molecule has 0 atom stereocenters. The smallest absolute Gasteiger partial charge is 0.246 e. The normalized spacial score (nSPS) is 12.6. The number of aliphatic hydroxyl groups is 1. The Kier molecular flexibility index (Phi) is 6.33. The maximum Gasteiger partial charge on any atom is 0.246 e. The molecule has 0 fully saturated rings. The van der Waals surface area contributed by atoms with E-state index in [-0.39, 0.29) is 11.5 Å². The van der Waals surface area contributed by atoms with E-state index in [0.29, 0.717) is 37.4 Å². The fourth-order valence-corrected chi connectivity index (χ4v) is 3.64. The van der Waals surface area contributed by atoms with Crippen LogP contribution in [-0.4, -0.2) is 73.3 Å². The van der Waals surface area contributed by atoms with Gasteiger partial charge in [0.1, 0.15) is 4.90 Å². The molecular formula is C13H26N4O3S. The zero-order valence-electron chi connectivity index (χ0n) is 13.5. The SMILES string of the molecule is Cc1nn(CCCO)c(C)c1S(=O)(=O)N(C)CCN(C)C. The molecule has 1 aromatic rings. The minimum absolute atomic E-state index is 0.0587. The quantitative estimate of drug-likeness (QED) is 0.733. The van der Waals surface area contributed by atoms with Crippen LogP contribution in [0, 0.1) is 13.8 Å². The zero-order chi connectivity index (χ0) is 16.2. The summed E-state index contributed by atoms with van der Waals surface area (Å²) < 4.78 is 28.4. The van der Waals surface area contributed by atoms with E-state index in [1.807, 2.05) is 19.0 Å². The summed E-state index contributed by atoms with van der Waals surface area (Å²) in [5.74, 6) is 0. The largest absolute Gasteiger partial charge is 0.396 e. The highest BCUT2D eigenvalue weighted by atomic mass is 32.2. The van der Waals surface area contributed by atoms with Gasteiger partial charge in [-0.05, 0) is 34.4 Å². The van der Waals surface area contributed by atoms with Crippen LogP contribution in [0.15, 0.2) is 4.90 Å². The van der Waals surface area contributed by atoms with Crippen LogP contribution >= 0.6 is 0 Å². The Morgan fingerprint density at radius 1 is 1.19 bits per heavy atom. The summed E-state index contributed by atoms with van der Waals surface area (Å²) in [4.78, 5) is 2.22. The Hall–Kier alpha value is -0.960. The van der Waals surface area contributed by atoms with Crippen molar-refractivity contribution in [1.29, 1.82) is 0 Å². The van der Waals surface area contributed by atoms with Crippen LogP contribution < -0.4 is 0 Å². The van der Waals surface area contributed by atoms with E-state index in [4.69, 9.17) is 5.11 Å². The fraction of sp³-hybridized carbons (Fsp3) is 0.769. The Labute approximate surface area is 127 Å². The summed E-state index contributed by atoms with van der Waals surface area (Å²) in [6.07, 6.45) is 0.553. The Morgan fingerprint density at radius 2 is 1.81 bits per heavy atom. The highest BCUT2D eigenvalue weighted by molar-refractivity contribution is 7.89. The lowest BCUT2D eigenvalue weighted by Gasteiger charge is -2.19. The Morgan fingerprint density at radius 3 is 2.33 bits per heavy atom. The van der Waals surface area contributed by atoms with Crippen molar-refractivity contribution in [2.75, 3.05) is 40.8 Å². The van der Waals surface area contributed by atoms with Gasteiger partial charge in [-0.1, -0.05) is 0 Å². The van der Waals surface area contributed by atoms with Crippen LogP contribution in [0.1, 0.15) is 17.8 Å². The predicted molar refractivity (Wildman–Crippen MR) is 81.8 cm³/mol. The van der Waals surface area contributed by atoms with Gasteiger partial charge in [0, 0.05) is 33.3 Å². The topological polar surface area (TPSA) is 78.7 Å². The molecule has 0 aliphatic heterocycles. The molecule has 7 nitrogen and oxygen atoms in total. The Bertz CT molecular complexity index is 566. The van der Waals surface area contributed by atoms with Gasteiger partial charge in [0.25, 0.3) is 0 Å². The minimum Gasteiger partial charge on any atom is -0.396 e. The minimum atomic E-state index is -3.54. The van der Waals surface area contributed by atoms with Crippen LogP contribution in [-0.2, 0) is 16.6 Å². The van der Waals surface area contributed by atoms with Gasteiger partial charge in [-0.15, -0.1) is 0 Å². The van der Waals surface area contributed by atoms with Crippen LogP contribution in [0.5, 0.6) is 0 Å². The molecule has 1 N–H and O–H groups in total. The second-order valence-corrected chi connectivity index (χ2v) is 7.41. The number of likely N-dealkylation sites (N-methyl/N-ethyl adjacent to an activating group) is 2. The molecule has 0 amide bonds. The third-order valence-corrected chi connectivity index (χ3v) is 5.48. The van der Waals surface area contributed by atoms with Gasteiger partial charge in [-0.3, -0.25) is 4.68 Å². The van der Waals surface area contributed by atoms with Crippen LogP contribution in [0.4, 0.5) is 0 Å². The van der Waals surface area contributed by atoms with Gasteiger partial charge in [0.2, 0.25) is 10.0 Å². The van der Waals surface area contributed by atoms with Crippen LogP contribution in [0.2, 0.25) is 0 Å². The molecule has 0 bridgehead atoms. The monoisotopic (exact) mass is 318 g/mol. The third kappa shape index (κ3) is 4.26. The molecule has 1 rings (SSSR count). The zero-order valence-corrected chi connectivity index (χ0v) is 14.3. The standard InChI is InChI=1S/C13H26N4O3S/c1-11-13(12(2)17(14-11)7-6-10-18)21(19,20)16(5)9-8-15(3)4/h18H,6-10H2,1-5H3. The first kappa shape index (κ1) is 18.1. The van der Waals surface area contributed by atoms with Crippen molar-refractivity contribution in [2.24, 2.45) is 0 Å². The van der Waals surface area contributed by atoms with Crippen molar-refractivity contribution in [1.82, 2.24) is 19.0 Å². The van der Waals surface area contributed by atoms with Gasteiger partial charge >= 0.3 is 0 Å². The molecule has 1 aromatic heterocycles. The molecule has 0 saturated heterocycles. The van der Waals surface area contributed by atoms with Crippen molar-refractivity contribution in [3.8, 4) is 0 Å². The third-order valence-electron chi connectivity index (χ3n) is 3.37. The molecule has 0 saturated carbocycles. The fourth-order valence-electron chi connectivity index (χ4n) is 2.11. The van der Waals surface area contributed by atoms with Gasteiger partial charge in [0.15, 0.2) is 0 Å². The number of hydrogen-bond acceptors (Lipinski definition) is 5. The summed E-state index contributed by atoms with van der Waals surface area (Å²) >= 11 is 0. The highest BCUT2D eigenvalue weighted by Crippen LogP contribution is 2.22. The second kappa shape index (κ2) is 7.35. The lowest BCUT2D eigenvalue weighted by atomic mass is 10.4. The van der Waals surface area contributed by atoms with E-state index in [1.54, 1.807) is 25.6 Å². The van der Waals surface area contributed by atoms with Gasteiger partial charge in [-0.25, -0.2) is 8.42 Å². The average Bonchev–Trinajstić information content (AvgIpc) is 2.68. The number of rotatable bonds is 8. The van der Waals surface area contributed by atoms with E-state index in [0.717, 1.165) is 0 Å². The van der Waals surface area contributed by atoms with Crippen molar-refractivity contribution < 1.29 is 13.5 Å². The van der Waals surface area contributed by atoms with Crippen molar-refractivity contribution in [2.45, 2.75) is 31.7 Å². The molecule has 0 aliphatic rings. The molecule has 21 heavy (non-hydrogen) atoms. The summed E-state index contributed by atoms with van der Waals surface area (Å²) in [5.41, 5.74) is 1.12. The molecule has 0 aliphatic carbocycles. The van der Waals surface area contributed by atoms with E-state index in [2.05, 4.69) is 5.10 Å². The maximum atomic E-state index is 12.7. The van der Waals surface area contributed by atoms with Crippen molar-refractivity contribution in [3.05, 3.63) is 11.4 Å². The van der Waals surface area contributed by atoms with Crippen LogP contribution in [0.25, 0.3) is 0 Å².